The fraction of sp³-hybridized carbons (Fsp3) is 0.263. The lowest BCUT2D eigenvalue weighted by atomic mass is 9.92. The fourth-order valence-corrected chi connectivity index (χ4v) is 3.00. The maximum atomic E-state index is 13.9. The lowest BCUT2D eigenvalue weighted by molar-refractivity contribution is -0.131. The number of imide groups is 1. The van der Waals surface area contributed by atoms with Crippen LogP contribution in [0.25, 0.3) is 0 Å². The number of nitrogens with one attached hydrogen (secondary N) is 1. The molecule has 0 radical (unpaired) electrons. The van der Waals surface area contributed by atoms with Crippen LogP contribution >= 0.6 is 0 Å². The van der Waals surface area contributed by atoms with Crippen LogP contribution < -0.4 is 14.8 Å². The van der Waals surface area contributed by atoms with Crippen LogP contribution in [0.2, 0.25) is 0 Å². The zero-order chi connectivity index (χ0) is 20.5. The van der Waals surface area contributed by atoms with Crippen LogP contribution in [-0.2, 0) is 16.9 Å². The topological polar surface area (TPSA) is 67.9 Å². The summed E-state index contributed by atoms with van der Waals surface area (Å²) in [7, 11) is 1.33. The van der Waals surface area contributed by atoms with Crippen molar-refractivity contribution in [2.24, 2.45) is 0 Å². The number of hydrogen-bond donors (Lipinski definition) is 1. The second kappa shape index (κ2) is 7.41. The van der Waals surface area contributed by atoms with Gasteiger partial charge in [0.1, 0.15) is 11.3 Å². The molecule has 6 nitrogen and oxygen atoms in total. The lowest BCUT2D eigenvalue weighted by Crippen LogP contribution is -2.40. The molecule has 3 rings (SSSR count). The van der Waals surface area contributed by atoms with Crippen molar-refractivity contribution in [3.8, 4) is 11.5 Å². The lowest BCUT2D eigenvalue weighted by Gasteiger charge is -2.22. The van der Waals surface area contributed by atoms with Gasteiger partial charge in [0.2, 0.25) is 0 Å². The number of rotatable bonds is 6. The Bertz CT molecular complexity index is 905. The molecule has 9 heteroatoms. The van der Waals surface area contributed by atoms with Gasteiger partial charge in [0.15, 0.2) is 11.6 Å². The molecule has 1 saturated heterocycles. The van der Waals surface area contributed by atoms with Crippen molar-refractivity contribution in [1.82, 2.24) is 10.2 Å². The molecule has 0 aromatic heterocycles. The van der Waals surface area contributed by atoms with Gasteiger partial charge < -0.3 is 14.8 Å². The van der Waals surface area contributed by atoms with Gasteiger partial charge in [-0.1, -0.05) is 18.2 Å². The van der Waals surface area contributed by atoms with Gasteiger partial charge in [-0.15, -0.1) is 0 Å². The molecule has 28 heavy (non-hydrogen) atoms. The molecule has 2 aromatic rings. The second-order valence-electron chi connectivity index (χ2n) is 6.32. The van der Waals surface area contributed by atoms with E-state index in [2.05, 4.69) is 10.1 Å². The van der Waals surface area contributed by atoms with E-state index in [1.54, 1.807) is 6.07 Å². The normalized spacial score (nSPS) is 19.1. The Kier molecular flexibility index (Phi) is 5.17. The van der Waals surface area contributed by atoms with Gasteiger partial charge in [0.25, 0.3) is 5.91 Å². The largest absolute Gasteiger partial charge is 0.494 e. The van der Waals surface area contributed by atoms with Crippen LogP contribution in [0, 0.1) is 5.82 Å². The second-order valence-corrected chi connectivity index (χ2v) is 6.32. The highest BCUT2D eigenvalue weighted by molar-refractivity contribution is 6.07. The average molecular weight is 394 g/mol. The number of carbonyl (C=O) groups excluding carboxylic acids is 2. The number of urea groups is 1. The van der Waals surface area contributed by atoms with Crippen LogP contribution in [0.4, 0.5) is 18.0 Å². The third-order valence-electron chi connectivity index (χ3n) is 4.49. The number of halogens is 3. The Hall–Kier alpha value is -3.23. The van der Waals surface area contributed by atoms with Crippen molar-refractivity contribution < 1.29 is 32.2 Å². The minimum Gasteiger partial charge on any atom is -0.494 e. The smallest absolute Gasteiger partial charge is 0.387 e. The Morgan fingerprint density at radius 1 is 1.14 bits per heavy atom. The first-order valence-electron chi connectivity index (χ1n) is 8.26. The summed E-state index contributed by atoms with van der Waals surface area (Å²) >= 11 is 0. The summed E-state index contributed by atoms with van der Waals surface area (Å²) in [5, 5.41) is 2.59. The van der Waals surface area contributed by atoms with Gasteiger partial charge in [0, 0.05) is 0 Å². The molecule has 1 aliphatic rings. The third-order valence-corrected chi connectivity index (χ3v) is 4.49. The minimum atomic E-state index is -2.96. The Labute approximate surface area is 158 Å². The van der Waals surface area contributed by atoms with Gasteiger partial charge in [-0.05, 0) is 42.3 Å². The molecular weight excluding hydrogens is 377 g/mol. The molecule has 0 spiro atoms. The summed E-state index contributed by atoms with van der Waals surface area (Å²) in [4.78, 5) is 26.2. The highest BCUT2D eigenvalue weighted by Crippen LogP contribution is 2.31. The quantitative estimate of drug-likeness (QED) is 0.763. The van der Waals surface area contributed by atoms with Crippen molar-refractivity contribution >= 4 is 11.9 Å². The fourth-order valence-electron chi connectivity index (χ4n) is 3.00. The van der Waals surface area contributed by atoms with Crippen LogP contribution in [0.15, 0.2) is 42.5 Å². The van der Waals surface area contributed by atoms with E-state index in [1.165, 1.54) is 50.4 Å². The summed E-state index contributed by atoms with van der Waals surface area (Å²) in [6, 6.07) is 8.92. The van der Waals surface area contributed by atoms with Crippen molar-refractivity contribution in [2.75, 3.05) is 7.11 Å². The molecule has 0 aliphatic carbocycles. The molecule has 1 aliphatic heterocycles. The standard InChI is InChI=1S/C19H17F3N2O4/c1-19(12-4-6-13(7-5-12)28-17(21)22)16(25)24(18(26)23-19)10-11-3-8-15(27-2)14(20)9-11/h3-9,17H,10H2,1-2H3,(H,23,26)/t19-/m1/s1. The average Bonchev–Trinajstić information content (AvgIpc) is 2.86. The van der Waals surface area contributed by atoms with Crippen LogP contribution in [0.5, 0.6) is 11.5 Å². The van der Waals surface area contributed by atoms with Gasteiger partial charge in [-0.2, -0.15) is 8.78 Å². The number of nitrogens with zero attached hydrogens (tertiary/aromatic N) is 1. The number of benzene rings is 2. The Morgan fingerprint density at radius 3 is 2.39 bits per heavy atom. The van der Waals surface area contributed by atoms with Crippen LogP contribution in [0.3, 0.4) is 0 Å². The molecule has 0 saturated carbocycles. The predicted molar refractivity (Wildman–Crippen MR) is 92.5 cm³/mol. The van der Waals surface area contributed by atoms with E-state index < -0.39 is 29.9 Å². The van der Waals surface area contributed by atoms with E-state index >= 15 is 0 Å². The third kappa shape index (κ3) is 3.60. The number of amides is 3. The van der Waals surface area contributed by atoms with E-state index in [9.17, 15) is 22.8 Å². The van der Waals surface area contributed by atoms with Crippen molar-refractivity contribution in [2.45, 2.75) is 25.6 Å². The van der Waals surface area contributed by atoms with E-state index in [0.717, 1.165) is 4.90 Å². The van der Waals surface area contributed by atoms with Crippen molar-refractivity contribution in [3.05, 3.63) is 59.4 Å². The summed E-state index contributed by atoms with van der Waals surface area (Å²) in [5.41, 5.74) is -0.576. The van der Waals surface area contributed by atoms with Crippen LogP contribution in [0.1, 0.15) is 18.1 Å². The summed E-state index contributed by atoms with van der Waals surface area (Å²) < 4.78 is 47.5. The summed E-state index contributed by atoms with van der Waals surface area (Å²) in [6.45, 7) is -1.59. The molecule has 148 valence electrons. The number of methoxy groups -OCH3 is 1. The Morgan fingerprint density at radius 2 is 1.82 bits per heavy atom. The molecule has 1 atom stereocenters. The van der Waals surface area contributed by atoms with Crippen molar-refractivity contribution in [3.63, 3.8) is 0 Å². The molecule has 0 unspecified atom stereocenters. The number of hydrogen-bond acceptors (Lipinski definition) is 4. The van der Waals surface area contributed by atoms with Gasteiger partial charge in [-0.3, -0.25) is 9.69 Å². The highest BCUT2D eigenvalue weighted by atomic mass is 19.3. The minimum absolute atomic E-state index is 0.0527. The maximum absolute atomic E-state index is 13.9. The monoisotopic (exact) mass is 394 g/mol. The molecule has 1 N–H and O–H groups in total. The zero-order valence-corrected chi connectivity index (χ0v) is 15.0. The van der Waals surface area contributed by atoms with E-state index in [0.29, 0.717) is 11.1 Å². The van der Waals surface area contributed by atoms with Gasteiger partial charge in [0.05, 0.1) is 13.7 Å². The predicted octanol–water partition coefficient (Wildman–Crippen LogP) is 3.40. The Balaban J connectivity index is 1.81. The molecule has 3 amide bonds. The van der Waals surface area contributed by atoms with Crippen LogP contribution in [-0.4, -0.2) is 30.6 Å². The first kappa shape index (κ1) is 19.5. The summed E-state index contributed by atoms with van der Waals surface area (Å²) in [6.07, 6.45) is 0. The molecule has 0 bridgehead atoms. The molecule has 2 aromatic carbocycles. The van der Waals surface area contributed by atoms with E-state index in [1.807, 2.05) is 0 Å². The number of carbonyl (C=O) groups is 2. The van der Waals surface area contributed by atoms with Crippen molar-refractivity contribution in [1.29, 1.82) is 0 Å². The first-order chi connectivity index (χ1) is 13.2. The molecule has 1 fully saturated rings. The maximum Gasteiger partial charge on any atom is 0.387 e. The first-order valence-corrected chi connectivity index (χ1v) is 8.26. The van der Waals surface area contributed by atoms with Gasteiger partial charge >= 0.3 is 12.6 Å². The number of alkyl halides is 2. The van der Waals surface area contributed by atoms with Gasteiger partial charge in [-0.25, -0.2) is 9.18 Å². The molecular formula is C19H17F3N2O4. The molecule has 1 heterocycles. The SMILES string of the molecule is COc1ccc(CN2C(=O)N[C@](C)(c3ccc(OC(F)F)cc3)C2=O)cc1F. The zero-order valence-electron chi connectivity index (χ0n) is 15.0. The van der Waals surface area contributed by atoms with E-state index in [-0.39, 0.29) is 18.0 Å². The van der Waals surface area contributed by atoms with E-state index in [4.69, 9.17) is 4.74 Å². The highest BCUT2D eigenvalue weighted by Gasteiger charge is 2.48. The number of ether oxygens (including phenoxy) is 2. The summed E-state index contributed by atoms with van der Waals surface area (Å²) in [5.74, 6) is -1.16.